The number of carbonyl (C=O) groups is 1. The smallest absolute Gasteiger partial charge is 0.269 e. The van der Waals surface area contributed by atoms with Crippen LogP contribution in [-0.4, -0.2) is 15.8 Å². The molecule has 0 spiro atoms. The number of non-ortho nitro benzene ring substituents is 1. The number of aromatic nitrogens is 1. The molecule has 0 saturated heterocycles. The number of nitro benzene ring substituents is 1. The summed E-state index contributed by atoms with van der Waals surface area (Å²) in [6.45, 7) is 0.354. The summed E-state index contributed by atoms with van der Waals surface area (Å²) in [7, 11) is 0. The Hall–Kier alpha value is -4.04. The second-order valence-electron chi connectivity index (χ2n) is 7.56. The number of nitrogens with zero attached hydrogens (tertiary/aromatic N) is 3. The monoisotopic (exact) mass is 594 g/mol. The van der Waals surface area contributed by atoms with Crippen LogP contribution in [0.5, 0.6) is 5.75 Å². The quantitative estimate of drug-likeness (QED) is 0.0991. The Bertz CT molecular complexity index is 1530. The average Bonchev–Trinajstić information content (AvgIpc) is 3.36. The molecule has 0 aliphatic rings. The molecule has 0 unspecified atom stereocenters. The fourth-order valence-corrected chi connectivity index (χ4v) is 4.61. The SMILES string of the molecule is N#C/C(=C\c1ccc(OCc2ccc(Cl)cc2)c(Br)c1)C(=O)Nc1ncc(-c2ccc([N+](=O)[O-])cc2)s1. The van der Waals surface area contributed by atoms with Crippen LogP contribution in [-0.2, 0) is 11.4 Å². The number of ether oxygens (including phenoxy) is 1. The van der Waals surface area contributed by atoms with Gasteiger partial charge in [-0.25, -0.2) is 4.98 Å². The Balaban J connectivity index is 1.42. The third-order valence-corrected chi connectivity index (χ3v) is 6.86. The Labute approximate surface area is 229 Å². The van der Waals surface area contributed by atoms with E-state index < -0.39 is 10.8 Å². The van der Waals surface area contributed by atoms with Gasteiger partial charge in [-0.1, -0.05) is 41.1 Å². The highest BCUT2D eigenvalue weighted by Gasteiger charge is 2.14. The molecule has 0 saturated carbocycles. The second-order valence-corrected chi connectivity index (χ2v) is 9.88. The maximum Gasteiger partial charge on any atom is 0.269 e. The minimum atomic E-state index is -0.605. The summed E-state index contributed by atoms with van der Waals surface area (Å²) in [6.07, 6.45) is 3.02. The van der Waals surface area contributed by atoms with Gasteiger partial charge in [0.15, 0.2) is 5.13 Å². The number of anilines is 1. The molecule has 1 aromatic heterocycles. The van der Waals surface area contributed by atoms with Crippen molar-refractivity contribution in [1.82, 2.24) is 4.98 Å². The van der Waals surface area contributed by atoms with Gasteiger partial charge in [0, 0.05) is 23.4 Å². The van der Waals surface area contributed by atoms with Crippen molar-refractivity contribution in [3.63, 3.8) is 0 Å². The van der Waals surface area contributed by atoms with E-state index >= 15 is 0 Å². The van der Waals surface area contributed by atoms with Crippen molar-refractivity contribution in [1.29, 1.82) is 5.26 Å². The number of thiazole rings is 1. The predicted octanol–water partition coefficient (Wildman–Crippen LogP) is 7.26. The molecule has 0 fully saturated rings. The summed E-state index contributed by atoms with van der Waals surface area (Å²) in [5.74, 6) is 0.00269. The Morgan fingerprint density at radius 2 is 1.92 bits per heavy atom. The molecule has 0 atom stereocenters. The first-order valence-electron chi connectivity index (χ1n) is 10.6. The third-order valence-electron chi connectivity index (χ3n) is 5.03. The number of nitriles is 1. The molecule has 4 aromatic rings. The Kier molecular flexibility index (Phi) is 8.30. The highest BCUT2D eigenvalue weighted by molar-refractivity contribution is 9.10. The largest absolute Gasteiger partial charge is 0.488 e. The molecular formula is C26H16BrClN4O4S. The number of halogens is 2. The molecule has 0 aliphatic carbocycles. The average molecular weight is 596 g/mol. The number of hydrogen-bond acceptors (Lipinski definition) is 7. The lowest BCUT2D eigenvalue weighted by Gasteiger charge is -2.09. The number of hydrogen-bond donors (Lipinski definition) is 1. The van der Waals surface area contributed by atoms with Crippen molar-refractivity contribution in [2.24, 2.45) is 0 Å². The van der Waals surface area contributed by atoms with E-state index in [9.17, 15) is 20.2 Å². The van der Waals surface area contributed by atoms with Gasteiger partial charge in [-0.05, 0) is 75.1 Å². The van der Waals surface area contributed by atoms with Gasteiger partial charge in [-0.2, -0.15) is 5.26 Å². The van der Waals surface area contributed by atoms with Gasteiger partial charge >= 0.3 is 0 Å². The topological polar surface area (TPSA) is 118 Å². The van der Waals surface area contributed by atoms with Gasteiger partial charge in [0.1, 0.15) is 24.0 Å². The fraction of sp³-hybridized carbons (Fsp3) is 0.0385. The van der Waals surface area contributed by atoms with E-state index in [1.807, 2.05) is 18.2 Å². The van der Waals surface area contributed by atoms with Crippen LogP contribution in [0.4, 0.5) is 10.8 Å². The number of nitro groups is 1. The van der Waals surface area contributed by atoms with Gasteiger partial charge in [-0.3, -0.25) is 20.2 Å². The molecular weight excluding hydrogens is 580 g/mol. The van der Waals surface area contributed by atoms with Crippen LogP contribution in [0.2, 0.25) is 5.02 Å². The summed E-state index contributed by atoms with van der Waals surface area (Å²) >= 11 is 10.6. The standard InChI is InChI=1S/C26H16BrClN4O4S/c27-22-12-17(3-10-23(22)36-15-16-1-6-20(28)7-2-16)11-19(13-29)25(33)31-26-30-14-24(37-26)18-4-8-21(9-5-18)32(34)35/h1-12,14H,15H2,(H,30,31,33)/b19-11+. The van der Waals surface area contributed by atoms with Crippen molar-refractivity contribution in [3.05, 3.63) is 109 Å². The van der Waals surface area contributed by atoms with Gasteiger partial charge in [0.2, 0.25) is 0 Å². The number of nitrogens with one attached hydrogen (secondary N) is 1. The predicted molar refractivity (Wildman–Crippen MR) is 146 cm³/mol. The van der Waals surface area contributed by atoms with Crippen molar-refractivity contribution in [2.45, 2.75) is 6.61 Å². The molecule has 1 amide bonds. The lowest BCUT2D eigenvalue weighted by molar-refractivity contribution is -0.384. The number of carbonyl (C=O) groups excluding carboxylic acids is 1. The maximum absolute atomic E-state index is 12.7. The van der Waals surface area contributed by atoms with Crippen molar-refractivity contribution >= 4 is 61.7 Å². The number of rotatable bonds is 8. The molecule has 1 N–H and O–H groups in total. The van der Waals surface area contributed by atoms with E-state index in [2.05, 4.69) is 26.2 Å². The molecule has 0 radical (unpaired) electrons. The van der Waals surface area contributed by atoms with Crippen LogP contribution in [0.15, 0.2) is 83.0 Å². The normalized spacial score (nSPS) is 11.0. The summed E-state index contributed by atoms with van der Waals surface area (Å²) in [4.78, 5) is 27.9. The minimum absolute atomic E-state index is 0.0154. The van der Waals surface area contributed by atoms with Crippen molar-refractivity contribution < 1.29 is 14.5 Å². The second kappa shape index (κ2) is 11.8. The van der Waals surface area contributed by atoms with E-state index in [0.717, 1.165) is 11.1 Å². The van der Waals surface area contributed by atoms with Gasteiger partial charge in [-0.15, -0.1) is 0 Å². The first kappa shape index (κ1) is 26.0. The van der Waals surface area contributed by atoms with E-state index in [1.54, 1.807) is 48.7 Å². The lowest BCUT2D eigenvalue weighted by Crippen LogP contribution is -2.13. The fourth-order valence-electron chi connectivity index (χ4n) is 3.16. The van der Waals surface area contributed by atoms with Gasteiger partial charge in [0.25, 0.3) is 11.6 Å². The van der Waals surface area contributed by atoms with Crippen LogP contribution in [0.25, 0.3) is 16.5 Å². The molecule has 1 heterocycles. The number of benzene rings is 3. The van der Waals surface area contributed by atoms with Gasteiger partial charge < -0.3 is 4.74 Å². The first-order chi connectivity index (χ1) is 17.8. The summed E-state index contributed by atoms with van der Waals surface area (Å²) in [6, 6.07) is 20.5. The van der Waals surface area contributed by atoms with E-state index in [0.29, 0.717) is 37.4 Å². The van der Waals surface area contributed by atoms with Crippen LogP contribution >= 0.6 is 38.9 Å². The third kappa shape index (κ3) is 6.80. The van der Waals surface area contributed by atoms with Crippen LogP contribution in [0, 0.1) is 21.4 Å². The number of amides is 1. The molecule has 11 heteroatoms. The van der Waals surface area contributed by atoms with Crippen molar-refractivity contribution in [2.75, 3.05) is 5.32 Å². The van der Waals surface area contributed by atoms with E-state index in [4.69, 9.17) is 16.3 Å². The lowest BCUT2D eigenvalue weighted by atomic mass is 10.1. The molecule has 0 bridgehead atoms. The molecule has 8 nitrogen and oxygen atoms in total. The highest BCUT2D eigenvalue weighted by atomic mass is 79.9. The highest BCUT2D eigenvalue weighted by Crippen LogP contribution is 2.31. The summed E-state index contributed by atoms with van der Waals surface area (Å²) in [5.41, 5.74) is 2.20. The maximum atomic E-state index is 12.7. The Morgan fingerprint density at radius 3 is 2.57 bits per heavy atom. The summed E-state index contributed by atoms with van der Waals surface area (Å²) in [5, 5.41) is 23.9. The molecule has 4 rings (SSSR count). The molecule has 184 valence electrons. The zero-order valence-corrected chi connectivity index (χ0v) is 22.0. The van der Waals surface area contributed by atoms with Crippen molar-refractivity contribution in [3.8, 4) is 22.3 Å². The minimum Gasteiger partial charge on any atom is -0.488 e. The van der Waals surface area contributed by atoms with E-state index in [-0.39, 0.29) is 11.3 Å². The molecule has 0 aliphatic heterocycles. The zero-order chi connectivity index (χ0) is 26.4. The van der Waals surface area contributed by atoms with Crippen LogP contribution in [0.3, 0.4) is 0 Å². The molecule has 3 aromatic carbocycles. The van der Waals surface area contributed by atoms with Gasteiger partial charge in [0.05, 0.1) is 14.3 Å². The Morgan fingerprint density at radius 1 is 1.19 bits per heavy atom. The molecule has 37 heavy (non-hydrogen) atoms. The van der Waals surface area contributed by atoms with Crippen LogP contribution < -0.4 is 10.1 Å². The van der Waals surface area contributed by atoms with E-state index in [1.165, 1.54) is 29.5 Å². The van der Waals surface area contributed by atoms with Crippen LogP contribution in [0.1, 0.15) is 11.1 Å². The summed E-state index contributed by atoms with van der Waals surface area (Å²) < 4.78 is 6.50. The first-order valence-corrected chi connectivity index (χ1v) is 12.6. The zero-order valence-electron chi connectivity index (χ0n) is 18.9.